The molecule has 9 nitrogen and oxygen atoms in total. The molecule has 174 valence electrons. The zero-order valence-corrected chi connectivity index (χ0v) is 18.3. The van der Waals surface area contributed by atoms with Crippen molar-refractivity contribution in [3.05, 3.63) is 11.9 Å². The lowest BCUT2D eigenvalue weighted by Crippen LogP contribution is -2.49. The van der Waals surface area contributed by atoms with Crippen LogP contribution in [0.4, 0.5) is 8.78 Å². The first-order valence-electron chi connectivity index (χ1n) is 10.5. The summed E-state index contributed by atoms with van der Waals surface area (Å²) in [7, 11) is 1.47. The lowest BCUT2D eigenvalue weighted by Gasteiger charge is -2.35. The minimum atomic E-state index is -2.81. The van der Waals surface area contributed by atoms with E-state index in [4.69, 9.17) is 0 Å². The van der Waals surface area contributed by atoms with E-state index in [1.165, 1.54) is 22.8 Å². The van der Waals surface area contributed by atoms with Crippen LogP contribution in [0, 0.1) is 5.41 Å². The highest BCUT2D eigenvalue weighted by Crippen LogP contribution is 2.43. The number of carbonyl (C=O) groups excluding carboxylic acids is 2. The number of likely N-dealkylation sites (N-methyl/N-ethyl adjacent to an activating group) is 1. The van der Waals surface area contributed by atoms with Crippen molar-refractivity contribution in [1.82, 2.24) is 25.2 Å². The Morgan fingerprint density at radius 3 is 2.42 bits per heavy atom. The molecule has 1 saturated carbocycles. The highest BCUT2D eigenvalue weighted by atomic mass is 19.3. The topological polar surface area (TPSA) is 121 Å². The third kappa shape index (κ3) is 4.72. The van der Waals surface area contributed by atoms with E-state index in [1.807, 2.05) is 20.8 Å². The van der Waals surface area contributed by atoms with E-state index < -0.39 is 53.9 Å². The fraction of sp³-hybridized carbons (Fsp3) is 0.800. The van der Waals surface area contributed by atoms with Gasteiger partial charge in [-0.15, -0.1) is 5.10 Å². The maximum atomic E-state index is 13.5. The number of aliphatic hydroxyl groups excluding tert-OH is 1. The van der Waals surface area contributed by atoms with Gasteiger partial charge in [0, 0.05) is 32.9 Å². The molecular weight excluding hydrogens is 412 g/mol. The molecule has 3 N–H and O–H groups in total. The minimum Gasteiger partial charge on any atom is -0.391 e. The molecule has 2 unspecified atom stereocenters. The number of nitrogens with zero attached hydrogens (tertiary/aromatic N) is 4. The van der Waals surface area contributed by atoms with Gasteiger partial charge in [-0.1, -0.05) is 26.0 Å². The van der Waals surface area contributed by atoms with Gasteiger partial charge in [-0.2, -0.15) is 0 Å². The van der Waals surface area contributed by atoms with Crippen LogP contribution in [0.3, 0.4) is 0 Å². The summed E-state index contributed by atoms with van der Waals surface area (Å²) in [5, 5.41) is 31.5. The second-order valence-corrected chi connectivity index (χ2v) is 9.75. The first-order valence-corrected chi connectivity index (χ1v) is 10.5. The van der Waals surface area contributed by atoms with Crippen LogP contribution in [-0.4, -0.2) is 73.6 Å². The van der Waals surface area contributed by atoms with Crippen molar-refractivity contribution in [3.8, 4) is 0 Å². The first kappa shape index (κ1) is 23.5. The number of aliphatic hydroxyl groups is 2. The fourth-order valence-corrected chi connectivity index (χ4v) is 4.41. The van der Waals surface area contributed by atoms with E-state index in [0.29, 0.717) is 0 Å². The predicted molar refractivity (Wildman–Crippen MR) is 106 cm³/mol. The van der Waals surface area contributed by atoms with Crippen molar-refractivity contribution in [3.63, 3.8) is 0 Å². The lowest BCUT2D eigenvalue weighted by atomic mass is 9.81. The number of hydrogen-bond acceptors (Lipinski definition) is 6. The number of β-amino-alcohol motifs (C(OH)–C–C–N with tert-alkyl or cyclic N) is 1. The van der Waals surface area contributed by atoms with E-state index >= 15 is 0 Å². The number of halogens is 2. The molecule has 0 bridgehead atoms. The Hall–Kier alpha value is -2.14. The van der Waals surface area contributed by atoms with Crippen LogP contribution >= 0.6 is 0 Å². The zero-order valence-electron chi connectivity index (χ0n) is 18.3. The average molecular weight is 443 g/mol. The van der Waals surface area contributed by atoms with E-state index in [2.05, 4.69) is 15.6 Å². The Balaban J connectivity index is 1.89. The van der Waals surface area contributed by atoms with Crippen LogP contribution in [0.15, 0.2) is 6.20 Å². The third-order valence-electron chi connectivity index (χ3n) is 6.23. The van der Waals surface area contributed by atoms with Gasteiger partial charge in [0.1, 0.15) is 23.4 Å². The molecule has 3 rings (SSSR count). The van der Waals surface area contributed by atoms with Crippen LogP contribution in [-0.2, 0) is 15.2 Å². The number of rotatable bonds is 4. The van der Waals surface area contributed by atoms with Gasteiger partial charge in [0.05, 0.1) is 12.3 Å². The molecule has 31 heavy (non-hydrogen) atoms. The average Bonchev–Trinajstić information content (AvgIpc) is 3.30. The van der Waals surface area contributed by atoms with E-state index in [-0.39, 0.29) is 37.4 Å². The van der Waals surface area contributed by atoms with E-state index in [1.54, 1.807) is 0 Å². The highest BCUT2D eigenvalue weighted by molar-refractivity contribution is 5.90. The molecule has 0 spiro atoms. The summed E-state index contributed by atoms with van der Waals surface area (Å²) in [6, 6.07) is -1.68. The van der Waals surface area contributed by atoms with Gasteiger partial charge in [-0.3, -0.25) is 9.59 Å². The summed E-state index contributed by atoms with van der Waals surface area (Å²) in [5.74, 6) is -3.58. The quantitative estimate of drug-likeness (QED) is 0.638. The lowest BCUT2D eigenvalue weighted by molar-refractivity contribution is -0.144. The molecule has 1 aliphatic carbocycles. The van der Waals surface area contributed by atoms with Gasteiger partial charge in [-0.25, -0.2) is 13.5 Å². The van der Waals surface area contributed by atoms with Gasteiger partial charge >= 0.3 is 0 Å². The summed E-state index contributed by atoms with van der Waals surface area (Å²) >= 11 is 0. The summed E-state index contributed by atoms with van der Waals surface area (Å²) in [5.41, 5.74) is -2.03. The van der Waals surface area contributed by atoms with Crippen LogP contribution < -0.4 is 5.32 Å². The standard InChI is InChI=1S/C20H31F2N5O4/c1-18(2,3)15(17(30)26-10-12(28)9-13(26)16(29)23-4)27-11-14(24-25-27)19(31)5-7-20(21,22)8-6-19/h11-13,15,28,31H,5-10H2,1-4H3,(H,23,29)/t12?,13-,15?/m1/s1. The van der Waals surface area contributed by atoms with Gasteiger partial charge < -0.3 is 20.4 Å². The molecule has 1 saturated heterocycles. The van der Waals surface area contributed by atoms with Gasteiger partial charge in [0.2, 0.25) is 17.7 Å². The molecule has 2 heterocycles. The molecule has 2 aliphatic rings. The van der Waals surface area contributed by atoms with Crippen molar-refractivity contribution >= 4 is 11.8 Å². The summed E-state index contributed by atoms with van der Waals surface area (Å²) < 4.78 is 28.4. The predicted octanol–water partition coefficient (Wildman–Crippen LogP) is 0.970. The molecule has 11 heteroatoms. The molecular formula is C20H31F2N5O4. The monoisotopic (exact) mass is 443 g/mol. The second kappa shape index (κ2) is 8.09. The molecule has 2 fully saturated rings. The van der Waals surface area contributed by atoms with Crippen LogP contribution in [0.1, 0.15) is 64.6 Å². The highest BCUT2D eigenvalue weighted by Gasteiger charge is 2.47. The van der Waals surface area contributed by atoms with Gasteiger partial charge in [-0.05, 0) is 18.3 Å². The van der Waals surface area contributed by atoms with Crippen molar-refractivity contribution in [2.24, 2.45) is 5.41 Å². The Kier molecular flexibility index (Phi) is 6.13. The Labute approximate surface area is 179 Å². The smallest absolute Gasteiger partial charge is 0.248 e. The molecule has 1 aromatic heterocycles. The Bertz CT molecular complexity index is 828. The zero-order chi connectivity index (χ0) is 23.2. The molecule has 1 aromatic rings. The van der Waals surface area contributed by atoms with Crippen molar-refractivity contribution in [1.29, 1.82) is 0 Å². The van der Waals surface area contributed by atoms with Crippen molar-refractivity contribution < 1.29 is 28.6 Å². The Morgan fingerprint density at radius 1 is 1.26 bits per heavy atom. The largest absolute Gasteiger partial charge is 0.391 e. The van der Waals surface area contributed by atoms with E-state index in [0.717, 1.165) is 0 Å². The van der Waals surface area contributed by atoms with E-state index in [9.17, 15) is 28.6 Å². The minimum absolute atomic E-state index is 0.0179. The number of hydrogen-bond donors (Lipinski definition) is 3. The molecule has 2 amide bonds. The Morgan fingerprint density at radius 2 is 1.87 bits per heavy atom. The maximum Gasteiger partial charge on any atom is 0.248 e. The third-order valence-corrected chi connectivity index (χ3v) is 6.23. The van der Waals surface area contributed by atoms with Gasteiger partial charge in [0.15, 0.2) is 0 Å². The summed E-state index contributed by atoms with van der Waals surface area (Å²) in [4.78, 5) is 27.1. The number of nitrogens with one attached hydrogen (secondary N) is 1. The first-order chi connectivity index (χ1) is 14.3. The number of aromatic nitrogens is 3. The SMILES string of the molecule is CNC(=O)[C@H]1CC(O)CN1C(=O)C(n1cc(C2(O)CCC(F)(F)CC2)nn1)C(C)(C)C. The van der Waals surface area contributed by atoms with Gasteiger partial charge in [0.25, 0.3) is 0 Å². The fourth-order valence-electron chi connectivity index (χ4n) is 4.41. The number of likely N-dealkylation sites (tertiary alicyclic amines) is 1. The number of alkyl halides is 2. The van der Waals surface area contributed by atoms with Crippen molar-refractivity contribution in [2.45, 2.75) is 82.6 Å². The number of carbonyl (C=O) groups is 2. The molecule has 1 aliphatic heterocycles. The normalized spacial score (nSPS) is 26.5. The summed E-state index contributed by atoms with van der Waals surface area (Å²) in [6.45, 7) is 5.50. The number of amides is 2. The summed E-state index contributed by atoms with van der Waals surface area (Å²) in [6.07, 6.45) is -0.442. The second-order valence-electron chi connectivity index (χ2n) is 9.75. The molecule has 0 radical (unpaired) electrons. The van der Waals surface area contributed by atoms with Crippen LogP contribution in [0.2, 0.25) is 0 Å². The van der Waals surface area contributed by atoms with Crippen LogP contribution in [0.5, 0.6) is 0 Å². The maximum absolute atomic E-state index is 13.5. The molecule has 3 atom stereocenters. The molecule has 0 aromatic carbocycles. The van der Waals surface area contributed by atoms with Crippen molar-refractivity contribution in [2.75, 3.05) is 13.6 Å². The van der Waals surface area contributed by atoms with Crippen LogP contribution in [0.25, 0.3) is 0 Å².